The molecule has 4 rings (SSSR count). The fourth-order valence-electron chi connectivity index (χ4n) is 4.60. The molecule has 0 aliphatic carbocycles. The molecule has 7 heteroatoms. The molecule has 0 N–H and O–H groups in total. The summed E-state index contributed by atoms with van der Waals surface area (Å²) >= 11 is 0. The summed E-state index contributed by atoms with van der Waals surface area (Å²) in [4.78, 5) is 15.1. The van der Waals surface area contributed by atoms with Crippen molar-refractivity contribution in [2.24, 2.45) is 0 Å². The zero-order valence-corrected chi connectivity index (χ0v) is 18.8. The summed E-state index contributed by atoms with van der Waals surface area (Å²) in [6, 6.07) is 17.5. The number of hydrogen-bond donors (Lipinski definition) is 0. The number of morpholine rings is 1. The quantitative estimate of drug-likeness (QED) is 0.690. The molecule has 2 unspecified atom stereocenters. The van der Waals surface area contributed by atoms with Crippen molar-refractivity contribution in [1.82, 2.24) is 9.21 Å². The molecule has 2 atom stereocenters. The Bertz CT molecular complexity index is 986. The Balaban J connectivity index is 1.33. The van der Waals surface area contributed by atoms with Crippen LogP contribution in [0.25, 0.3) is 0 Å². The summed E-state index contributed by atoms with van der Waals surface area (Å²) in [5, 5.41) is 0. The van der Waals surface area contributed by atoms with Crippen molar-refractivity contribution in [3.05, 3.63) is 65.7 Å². The predicted molar refractivity (Wildman–Crippen MR) is 119 cm³/mol. The van der Waals surface area contributed by atoms with E-state index in [2.05, 4.69) is 31.2 Å². The summed E-state index contributed by atoms with van der Waals surface area (Å²) in [7, 11) is -3.48. The van der Waals surface area contributed by atoms with Crippen molar-refractivity contribution >= 4 is 15.9 Å². The molecule has 166 valence electrons. The number of nitrogens with zero attached hydrogens (tertiary/aromatic N) is 2. The van der Waals surface area contributed by atoms with Gasteiger partial charge in [0.2, 0.25) is 15.9 Å². The molecule has 2 aromatic rings. The minimum atomic E-state index is -3.48. The molecule has 0 bridgehead atoms. The van der Waals surface area contributed by atoms with E-state index in [0.717, 1.165) is 18.5 Å². The molecule has 2 fully saturated rings. The summed E-state index contributed by atoms with van der Waals surface area (Å²) < 4.78 is 32.2. The second-order valence-corrected chi connectivity index (χ2v) is 10.2. The largest absolute Gasteiger partial charge is 0.379 e. The molecule has 2 heterocycles. The summed E-state index contributed by atoms with van der Waals surface area (Å²) in [6.45, 7) is 4.55. The van der Waals surface area contributed by atoms with Gasteiger partial charge in [0.15, 0.2) is 0 Å². The molecule has 2 aliphatic heterocycles. The van der Waals surface area contributed by atoms with Crippen LogP contribution in [-0.4, -0.2) is 62.4 Å². The number of amides is 1. The summed E-state index contributed by atoms with van der Waals surface area (Å²) in [5.41, 5.74) is 2.27. The highest BCUT2D eigenvalue weighted by Crippen LogP contribution is 2.33. The van der Waals surface area contributed by atoms with E-state index in [1.54, 1.807) is 12.1 Å². The van der Waals surface area contributed by atoms with Crippen LogP contribution in [0.4, 0.5) is 0 Å². The number of carbonyl (C=O) groups is 1. The lowest BCUT2D eigenvalue weighted by Crippen LogP contribution is -2.40. The molecule has 0 spiro atoms. The van der Waals surface area contributed by atoms with Gasteiger partial charge in [-0.2, -0.15) is 4.31 Å². The number of hydrogen-bond acceptors (Lipinski definition) is 4. The molecule has 0 saturated carbocycles. The Morgan fingerprint density at radius 2 is 1.68 bits per heavy atom. The molecule has 31 heavy (non-hydrogen) atoms. The Labute approximate surface area is 184 Å². The lowest BCUT2D eigenvalue weighted by atomic mass is 9.93. The highest BCUT2D eigenvalue weighted by molar-refractivity contribution is 7.89. The van der Waals surface area contributed by atoms with E-state index in [1.165, 1.54) is 9.87 Å². The van der Waals surface area contributed by atoms with E-state index in [0.29, 0.717) is 50.0 Å². The summed E-state index contributed by atoms with van der Waals surface area (Å²) in [6.07, 6.45) is 2.03. The van der Waals surface area contributed by atoms with E-state index in [4.69, 9.17) is 4.74 Å². The van der Waals surface area contributed by atoms with Gasteiger partial charge in [0.05, 0.1) is 18.1 Å². The van der Waals surface area contributed by atoms with Gasteiger partial charge in [0.1, 0.15) is 0 Å². The topological polar surface area (TPSA) is 66.9 Å². The smallest absolute Gasteiger partial charge is 0.243 e. The van der Waals surface area contributed by atoms with Crippen molar-refractivity contribution in [2.45, 2.75) is 43.0 Å². The lowest BCUT2D eigenvalue weighted by Gasteiger charge is -2.26. The van der Waals surface area contributed by atoms with Gasteiger partial charge >= 0.3 is 0 Å². The number of rotatable bonds is 6. The third kappa shape index (κ3) is 4.84. The molecule has 6 nitrogen and oxygen atoms in total. The monoisotopic (exact) mass is 442 g/mol. The first kappa shape index (κ1) is 22.0. The first-order valence-corrected chi connectivity index (χ1v) is 12.4. The van der Waals surface area contributed by atoms with Gasteiger partial charge in [0.25, 0.3) is 0 Å². The third-order valence-electron chi connectivity index (χ3n) is 6.46. The zero-order chi connectivity index (χ0) is 21.8. The molecular formula is C24H30N2O4S. The van der Waals surface area contributed by atoms with Crippen molar-refractivity contribution in [1.29, 1.82) is 0 Å². The Morgan fingerprint density at radius 1 is 1.00 bits per heavy atom. The minimum Gasteiger partial charge on any atom is -0.379 e. The maximum absolute atomic E-state index is 12.9. The van der Waals surface area contributed by atoms with Crippen LogP contribution < -0.4 is 0 Å². The van der Waals surface area contributed by atoms with Crippen LogP contribution in [0.3, 0.4) is 0 Å². The Kier molecular flexibility index (Phi) is 6.74. The average Bonchev–Trinajstić information content (AvgIpc) is 3.20. The van der Waals surface area contributed by atoms with E-state index >= 15 is 0 Å². The molecule has 2 saturated heterocycles. The highest BCUT2D eigenvalue weighted by Gasteiger charge is 2.34. The van der Waals surface area contributed by atoms with Crippen LogP contribution in [0.5, 0.6) is 0 Å². The van der Waals surface area contributed by atoms with Crippen molar-refractivity contribution in [3.63, 3.8) is 0 Å². The average molecular weight is 443 g/mol. The van der Waals surface area contributed by atoms with Crippen LogP contribution >= 0.6 is 0 Å². The van der Waals surface area contributed by atoms with Gasteiger partial charge in [-0.3, -0.25) is 4.79 Å². The van der Waals surface area contributed by atoms with Crippen molar-refractivity contribution in [2.75, 3.05) is 32.8 Å². The van der Waals surface area contributed by atoms with Gasteiger partial charge in [-0.05, 0) is 43.0 Å². The summed E-state index contributed by atoms with van der Waals surface area (Å²) in [5.74, 6) is 0.547. The van der Waals surface area contributed by atoms with Crippen molar-refractivity contribution < 1.29 is 17.9 Å². The fraction of sp³-hybridized carbons (Fsp3) is 0.458. The molecule has 1 amide bonds. The number of aryl methyl sites for hydroxylation is 1. The van der Waals surface area contributed by atoms with Gasteiger partial charge in [0, 0.05) is 38.0 Å². The maximum Gasteiger partial charge on any atom is 0.243 e. The SMILES string of the molecule is CC1C(c2ccccc2)CCN1C(=O)CCc1ccc(S(=O)(=O)N2CCOCC2)cc1. The number of likely N-dealkylation sites (tertiary alicyclic amines) is 1. The van der Waals surface area contributed by atoms with Gasteiger partial charge < -0.3 is 9.64 Å². The van der Waals surface area contributed by atoms with Crippen molar-refractivity contribution in [3.8, 4) is 0 Å². The number of sulfonamides is 1. The molecule has 0 aromatic heterocycles. The van der Waals surface area contributed by atoms with Gasteiger partial charge in [-0.25, -0.2) is 8.42 Å². The first-order valence-electron chi connectivity index (χ1n) is 11.0. The van der Waals surface area contributed by atoms with E-state index in [1.807, 2.05) is 23.1 Å². The van der Waals surface area contributed by atoms with Crippen LogP contribution in [0.2, 0.25) is 0 Å². The van der Waals surface area contributed by atoms with Gasteiger partial charge in [-0.15, -0.1) is 0 Å². The van der Waals surface area contributed by atoms with Crippen LogP contribution in [-0.2, 0) is 26.0 Å². The number of ether oxygens (including phenoxy) is 1. The predicted octanol–water partition coefficient (Wildman–Crippen LogP) is 3.04. The van der Waals surface area contributed by atoms with Crippen LogP contribution in [0.1, 0.15) is 36.8 Å². The second-order valence-electron chi connectivity index (χ2n) is 8.29. The normalized spacial score (nSPS) is 22.5. The van der Waals surface area contributed by atoms with Crippen LogP contribution in [0.15, 0.2) is 59.5 Å². The Morgan fingerprint density at radius 3 is 2.35 bits per heavy atom. The Hall–Kier alpha value is -2.22. The third-order valence-corrected chi connectivity index (χ3v) is 8.37. The molecule has 0 radical (unpaired) electrons. The fourth-order valence-corrected chi connectivity index (χ4v) is 6.00. The lowest BCUT2D eigenvalue weighted by molar-refractivity contribution is -0.131. The molecular weight excluding hydrogens is 412 g/mol. The minimum absolute atomic E-state index is 0.163. The number of carbonyl (C=O) groups excluding carboxylic acids is 1. The number of benzene rings is 2. The van der Waals surface area contributed by atoms with E-state index < -0.39 is 10.0 Å². The zero-order valence-electron chi connectivity index (χ0n) is 17.9. The first-order chi connectivity index (χ1) is 15.0. The second kappa shape index (κ2) is 9.51. The van der Waals surface area contributed by atoms with E-state index in [9.17, 15) is 13.2 Å². The van der Waals surface area contributed by atoms with Crippen LogP contribution in [0, 0.1) is 0 Å². The van der Waals surface area contributed by atoms with E-state index in [-0.39, 0.29) is 11.9 Å². The van der Waals surface area contributed by atoms with Gasteiger partial charge in [-0.1, -0.05) is 42.5 Å². The standard InChI is InChI=1S/C24H30N2O4S/c1-19-23(21-5-3-2-4-6-21)13-14-26(19)24(27)12-9-20-7-10-22(11-8-20)31(28,29)25-15-17-30-18-16-25/h2-8,10-11,19,23H,9,12-18H2,1H3. The highest BCUT2D eigenvalue weighted by atomic mass is 32.2. The maximum atomic E-state index is 12.9. The molecule has 2 aromatic carbocycles. The molecule has 2 aliphatic rings.